The molecule has 0 unspecified atom stereocenters. The van der Waals surface area contributed by atoms with Crippen LogP contribution in [0.15, 0.2) is 24.3 Å². The minimum Gasteiger partial charge on any atom is -0.343 e. The van der Waals surface area contributed by atoms with E-state index in [4.69, 9.17) is 4.98 Å². The van der Waals surface area contributed by atoms with Crippen LogP contribution in [0.2, 0.25) is 0 Å². The van der Waals surface area contributed by atoms with E-state index in [0.29, 0.717) is 18.2 Å². The third kappa shape index (κ3) is 3.32. The summed E-state index contributed by atoms with van der Waals surface area (Å²) in [5.74, 6) is 1.86. The molecule has 0 radical (unpaired) electrons. The van der Waals surface area contributed by atoms with Gasteiger partial charge < -0.3 is 9.88 Å². The molecule has 4 nitrogen and oxygen atoms in total. The topological polar surface area (TPSA) is 49.0 Å². The average Bonchev–Trinajstić information content (AvgIpc) is 2.99. The maximum atomic E-state index is 12.2. The van der Waals surface area contributed by atoms with E-state index in [1.807, 2.05) is 23.1 Å². The lowest BCUT2D eigenvalue weighted by atomic mass is 9.96. The fraction of sp³-hybridized carbons (Fsp3) is 0.556. The number of aromatic amines is 1. The molecule has 3 rings (SSSR count). The number of carbonyl (C=O) groups is 1. The fourth-order valence-corrected chi connectivity index (χ4v) is 3.25. The number of piperidine rings is 1. The summed E-state index contributed by atoms with van der Waals surface area (Å²) in [5, 5.41) is 0. The van der Waals surface area contributed by atoms with Crippen molar-refractivity contribution in [1.82, 2.24) is 14.9 Å². The third-order valence-electron chi connectivity index (χ3n) is 4.64. The number of amides is 1. The lowest BCUT2D eigenvalue weighted by Crippen LogP contribution is -2.37. The Morgan fingerprint density at radius 1 is 1.27 bits per heavy atom. The number of benzene rings is 1. The summed E-state index contributed by atoms with van der Waals surface area (Å²) in [5.41, 5.74) is 2.14. The molecule has 0 bridgehead atoms. The molecule has 1 aromatic heterocycles. The first-order valence-electron chi connectivity index (χ1n) is 8.50. The van der Waals surface area contributed by atoms with Gasteiger partial charge in [0.15, 0.2) is 0 Å². The van der Waals surface area contributed by atoms with E-state index in [1.54, 1.807) is 0 Å². The Morgan fingerprint density at radius 3 is 2.77 bits per heavy atom. The van der Waals surface area contributed by atoms with Gasteiger partial charge in [-0.05, 0) is 31.4 Å². The summed E-state index contributed by atoms with van der Waals surface area (Å²) in [7, 11) is 0. The van der Waals surface area contributed by atoms with Crippen LogP contribution in [-0.2, 0) is 4.79 Å². The molecule has 0 atom stereocenters. The number of nitrogens with one attached hydrogen (secondary N) is 1. The number of hydrogen-bond donors (Lipinski definition) is 1. The molecule has 1 saturated heterocycles. The van der Waals surface area contributed by atoms with Crippen LogP contribution in [0.25, 0.3) is 11.0 Å². The number of para-hydroxylation sites is 2. The molecule has 1 amide bonds. The predicted octanol–water partition coefficient (Wildman–Crippen LogP) is 3.85. The standard InChI is InChI=1S/C18H25N3O/c1-2-3-4-9-17(22)21-12-10-14(11-13-21)18-19-15-7-5-6-8-16(15)20-18/h5-8,14H,2-4,9-13H2,1H3,(H,19,20). The van der Waals surface area contributed by atoms with Crippen LogP contribution in [0, 0.1) is 0 Å². The molecule has 2 heterocycles. The van der Waals surface area contributed by atoms with E-state index < -0.39 is 0 Å². The average molecular weight is 299 g/mol. The molecule has 1 aliphatic heterocycles. The van der Waals surface area contributed by atoms with Crippen molar-refractivity contribution < 1.29 is 4.79 Å². The smallest absolute Gasteiger partial charge is 0.222 e. The normalized spacial score (nSPS) is 16.3. The molecule has 1 N–H and O–H groups in total. The molecule has 0 spiro atoms. The number of H-pyrrole nitrogens is 1. The molecule has 118 valence electrons. The van der Waals surface area contributed by atoms with Gasteiger partial charge in [-0.15, -0.1) is 0 Å². The minimum atomic E-state index is 0.330. The van der Waals surface area contributed by atoms with Crippen molar-refractivity contribution in [2.75, 3.05) is 13.1 Å². The van der Waals surface area contributed by atoms with Crippen LogP contribution in [0.3, 0.4) is 0 Å². The van der Waals surface area contributed by atoms with E-state index >= 15 is 0 Å². The van der Waals surface area contributed by atoms with Gasteiger partial charge in [-0.2, -0.15) is 0 Å². The lowest BCUT2D eigenvalue weighted by molar-refractivity contribution is -0.132. The number of unbranched alkanes of at least 4 members (excludes halogenated alkanes) is 2. The second kappa shape index (κ2) is 6.95. The van der Waals surface area contributed by atoms with Crippen molar-refractivity contribution in [1.29, 1.82) is 0 Å². The van der Waals surface area contributed by atoms with Crippen molar-refractivity contribution in [2.24, 2.45) is 0 Å². The highest BCUT2D eigenvalue weighted by Crippen LogP contribution is 2.28. The molecule has 0 saturated carbocycles. The highest BCUT2D eigenvalue weighted by molar-refractivity contribution is 5.76. The van der Waals surface area contributed by atoms with E-state index in [9.17, 15) is 4.79 Å². The van der Waals surface area contributed by atoms with Gasteiger partial charge in [0.05, 0.1) is 11.0 Å². The van der Waals surface area contributed by atoms with Crippen LogP contribution in [0.1, 0.15) is 57.2 Å². The van der Waals surface area contributed by atoms with E-state index in [0.717, 1.165) is 55.6 Å². The van der Waals surface area contributed by atoms with Gasteiger partial charge in [0.1, 0.15) is 5.82 Å². The van der Waals surface area contributed by atoms with Crippen molar-refractivity contribution in [3.05, 3.63) is 30.1 Å². The Hall–Kier alpha value is -1.84. The fourth-order valence-electron chi connectivity index (χ4n) is 3.25. The highest BCUT2D eigenvalue weighted by Gasteiger charge is 2.25. The van der Waals surface area contributed by atoms with Gasteiger partial charge in [-0.1, -0.05) is 31.9 Å². The Labute approximate surface area is 131 Å². The number of aromatic nitrogens is 2. The van der Waals surface area contributed by atoms with Gasteiger partial charge in [0.25, 0.3) is 0 Å². The minimum absolute atomic E-state index is 0.330. The third-order valence-corrected chi connectivity index (χ3v) is 4.64. The zero-order chi connectivity index (χ0) is 15.4. The number of fused-ring (bicyclic) bond motifs is 1. The number of nitrogens with zero attached hydrogens (tertiary/aromatic N) is 2. The van der Waals surface area contributed by atoms with Crippen molar-refractivity contribution in [3.63, 3.8) is 0 Å². The van der Waals surface area contributed by atoms with Gasteiger partial charge in [0.2, 0.25) is 5.91 Å². The summed E-state index contributed by atoms with van der Waals surface area (Å²) in [4.78, 5) is 22.3. The summed E-state index contributed by atoms with van der Waals surface area (Å²) >= 11 is 0. The van der Waals surface area contributed by atoms with Crippen molar-refractivity contribution in [3.8, 4) is 0 Å². The number of hydrogen-bond acceptors (Lipinski definition) is 2. The Bertz CT molecular complexity index is 593. The van der Waals surface area contributed by atoms with Gasteiger partial charge >= 0.3 is 0 Å². The van der Waals surface area contributed by atoms with E-state index in [2.05, 4.69) is 18.0 Å². The summed E-state index contributed by atoms with van der Waals surface area (Å²) in [6.45, 7) is 3.91. The summed E-state index contributed by atoms with van der Waals surface area (Å²) in [6, 6.07) is 8.16. The van der Waals surface area contributed by atoms with E-state index in [1.165, 1.54) is 6.42 Å². The molecule has 1 fully saturated rings. The first-order valence-corrected chi connectivity index (χ1v) is 8.50. The lowest BCUT2D eigenvalue weighted by Gasteiger charge is -2.31. The maximum Gasteiger partial charge on any atom is 0.222 e. The predicted molar refractivity (Wildman–Crippen MR) is 88.8 cm³/mol. The highest BCUT2D eigenvalue weighted by atomic mass is 16.2. The molecule has 22 heavy (non-hydrogen) atoms. The zero-order valence-corrected chi connectivity index (χ0v) is 13.3. The van der Waals surface area contributed by atoms with E-state index in [-0.39, 0.29) is 0 Å². The number of rotatable bonds is 5. The van der Waals surface area contributed by atoms with Crippen LogP contribution in [-0.4, -0.2) is 33.9 Å². The molecule has 1 aliphatic rings. The number of imidazole rings is 1. The van der Waals surface area contributed by atoms with Gasteiger partial charge in [-0.25, -0.2) is 4.98 Å². The first kappa shape index (κ1) is 15.1. The number of likely N-dealkylation sites (tertiary alicyclic amines) is 1. The quantitative estimate of drug-likeness (QED) is 0.853. The van der Waals surface area contributed by atoms with Gasteiger partial charge in [0, 0.05) is 25.4 Å². The largest absolute Gasteiger partial charge is 0.343 e. The molecule has 0 aliphatic carbocycles. The second-order valence-electron chi connectivity index (χ2n) is 6.25. The Balaban J connectivity index is 1.56. The van der Waals surface area contributed by atoms with Crippen LogP contribution >= 0.6 is 0 Å². The Morgan fingerprint density at radius 2 is 2.05 bits per heavy atom. The summed E-state index contributed by atoms with van der Waals surface area (Å²) in [6.07, 6.45) is 6.09. The Kier molecular flexibility index (Phi) is 4.76. The second-order valence-corrected chi connectivity index (χ2v) is 6.25. The van der Waals surface area contributed by atoms with Gasteiger partial charge in [-0.3, -0.25) is 4.79 Å². The number of carbonyl (C=O) groups excluding carboxylic acids is 1. The van der Waals surface area contributed by atoms with Crippen LogP contribution < -0.4 is 0 Å². The summed E-state index contributed by atoms with van der Waals surface area (Å²) < 4.78 is 0. The maximum absolute atomic E-state index is 12.2. The first-order chi connectivity index (χ1) is 10.8. The van der Waals surface area contributed by atoms with Crippen molar-refractivity contribution in [2.45, 2.75) is 51.4 Å². The zero-order valence-electron chi connectivity index (χ0n) is 13.3. The SMILES string of the molecule is CCCCCC(=O)N1CCC(c2nc3ccccc3[nH]2)CC1. The molecule has 2 aromatic rings. The molecule has 4 heteroatoms. The molecular formula is C18H25N3O. The van der Waals surface area contributed by atoms with Crippen molar-refractivity contribution >= 4 is 16.9 Å². The van der Waals surface area contributed by atoms with Crippen LogP contribution in [0.5, 0.6) is 0 Å². The monoisotopic (exact) mass is 299 g/mol. The molecule has 1 aromatic carbocycles. The molecular weight excluding hydrogens is 274 g/mol. The van der Waals surface area contributed by atoms with Crippen LogP contribution in [0.4, 0.5) is 0 Å².